The molecule has 4 rings (SSSR count). The number of benzene rings is 1. The number of aromatic amines is 1. The second kappa shape index (κ2) is 10.0. The minimum Gasteiger partial charge on any atom is -0.495 e. The van der Waals surface area contributed by atoms with Gasteiger partial charge in [-0.05, 0) is 37.6 Å². The van der Waals surface area contributed by atoms with Crippen LogP contribution in [0.1, 0.15) is 19.2 Å². The lowest BCUT2D eigenvalue weighted by Crippen LogP contribution is -2.44. The van der Waals surface area contributed by atoms with E-state index in [9.17, 15) is 0 Å². The van der Waals surface area contributed by atoms with Gasteiger partial charge in [-0.15, -0.1) is 0 Å². The van der Waals surface area contributed by atoms with Crippen LogP contribution in [0.25, 0.3) is 11.6 Å². The molecule has 3 heterocycles. The highest BCUT2D eigenvalue weighted by Crippen LogP contribution is 2.30. The molecule has 1 saturated heterocycles. The van der Waals surface area contributed by atoms with Crippen LogP contribution in [0.4, 0.5) is 5.69 Å². The second-order valence-corrected chi connectivity index (χ2v) is 7.34. The molecule has 31 heavy (non-hydrogen) atoms. The SMILES string of the molecule is CCNC(=NCCc1nc(-c2ccco2)n[nH]1)NC1CCN(c2ccccc2OC)C1. The van der Waals surface area contributed by atoms with Crippen LogP contribution in [0.15, 0.2) is 52.1 Å². The first kappa shape index (κ1) is 20.8. The molecule has 1 aliphatic rings. The minimum atomic E-state index is 0.318. The molecule has 0 radical (unpaired) electrons. The molecule has 0 aliphatic carbocycles. The van der Waals surface area contributed by atoms with Crippen LogP contribution in [0, 0.1) is 0 Å². The number of furan rings is 1. The molecule has 9 heteroatoms. The van der Waals surface area contributed by atoms with E-state index < -0.39 is 0 Å². The Bertz CT molecular complexity index is 983. The lowest BCUT2D eigenvalue weighted by Gasteiger charge is -2.22. The number of hydrogen-bond donors (Lipinski definition) is 3. The Kier molecular flexibility index (Phi) is 6.71. The van der Waals surface area contributed by atoms with Gasteiger partial charge in [0.2, 0.25) is 5.82 Å². The average Bonchev–Trinajstić information content (AvgIpc) is 3.55. The van der Waals surface area contributed by atoms with Crippen molar-refractivity contribution in [3.63, 3.8) is 0 Å². The van der Waals surface area contributed by atoms with Gasteiger partial charge in [0.05, 0.1) is 19.1 Å². The molecule has 1 unspecified atom stereocenters. The zero-order chi connectivity index (χ0) is 21.5. The number of guanidine groups is 1. The van der Waals surface area contributed by atoms with Crippen LogP contribution in [0.2, 0.25) is 0 Å². The quantitative estimate of drug-likeness (QED) is 0.378. The van der Waals surface area contributed by atoms with Crippen molar-refractivity contribution in [2.24, 2.45) is 4.99 Å². The van der Waals surface area contributed by atoms with Gasteiger partial charge < -0.3 is 24.7 Å². The van der Waals surface area contributed by atoms with E-state index in [1.165, 1.54) is 0 Å². The first-order chi connectivity index (χ1) is 15.3. The number of methoxy groups -OCH3 is 1. The summed E-state index contributed by atoms with van der Waals surface area (Å²) in [6, 6.07) is 12.1. The molecular formula is C22H29N7O2. The maximum absolute atomic E-state index is 5.52. The molecule has 1 aromatic carbocycles. The van der Waals surface area contributed by atoms with Gasteiger partial charge in [-0.1, -0.05) is 12.1 Å². The zero-order valence-corrected chi connectivity index (χ0v) is 18.0. The predicted molar refractivity (Wildman–Crippen MR) is 121 cm³/mol. The topological polar surface area (TPSA) is 104 Å². The molecule has 1 fully saturated rings. The first-order valence-electron chi connectivity index (χ1n) is 10.6. The number of H-pyrrole nitrogens is 1. The van der Waals surface area contributed by atoms with Gasteiger partial charge in [0, 0.05) is 38.6 Å². The summed E-state index contributed by atoms with van der Waals surface area (Å²) in [5.74, 6) is 3.73. The predicted octanol–water partition coefficient (Wildman–Crippen LogP) is 2.45. The maximum Gasteiger partial charge on any atom is 0.216 e. The van der Waals surface area contributed by atoms with Gasteiger partial charge in [-0.2, -0.15) is 5.10 Å². The van der Waals surface area contributed by atoms with Crippen LogP contribution < -0.4 is 20.3 Å². The van der Waals surface area contributed by atoms with E-state index in [4.69, 9.17) is 14.1 Å². The molecule has 0 saturated carbocycles. The Morgan fingerprint density at radius 1 is 1.32 bits per heavy atom. The summed E-state index contributed by atoms with van der Waals surface area (Å²) >= 11 is 0. The highest BCUT2D eigenvalue weighted by Gasteiger charge is 2.25. The van der Waals surface area contributed by atoms with E-state index in [0.29, 0.717) is 30.6 Å². The van der Waals surface area contributed by atoms with Crippen LogP contribution in [-0.2, 0) is 6.42 Å². The minimum absolute atomic E-state index is 0.318. The van der Waals surface area contributed by atoms with Crippen molar-refractivity contribution in [3.8, 4) is 17.3 Å². The van der Waals surface area contributed by atoms with Gasteiger partial charge >= 0.3 is 0 Å². The van der Waals surface area contributed by atoms with Crippen LogP contribution in [-0.4, -0.2) is 60.5 Å². The summed E-state index contributed by atoms with van der Waals surface area (Å²) in [6.07, 6.45) is 3.32. The smallest absolute Gasteiger partial charge is 0.216 e. The lowest BCUT2D eigenvalue weighted by atomic mass is 10.2. The van der Waals surface area contributed by atoms with Gasteiger partial charge in [0.1, 0.15) is 11.6 Å². The van der Waals surface area contributed by atoms with Crippen molar-refractivity contribution in [1.29, 1.82) is 0 Å². The zero-order valence-electron chi connectivity index (χ0n) is 18.0. The molecule has 0 bridgehead atoms. The van der Waals surface area contributed by atoms with Crippen molar-refractivity contribution in [1.82, 2.24) is 25.8 Å². The Balaban J connectivity index is 1.32. The summed E-state index contributed by atoms with van der Waals surface area (Å²) in [5, 5.41) is 14.1. The number of nitrogens with one attached hydrogen (secondary N) is 3. The van der Waals surface area contributed by atoms with Crippen LogP contribution >= 0.6 is 0 Å². The molecule has 164 valence electrons. The number of ether oxygens (including phenoxy) is 1. The van der Waals surface area contributed by atoms with E-state index >= 15 is 0 Å². The number of aliphatic imine (C=N–C) groups is 1. The summed E-state index contributed by atoms with van der Waals surface area (Å²) < 4.78 is 10.8. The fourth-order valence-electron chi connectivity index (χ4n) is 3.70. The van der Waals surface area contributed by atoms with Gasteiger partial charge in [-0.25, -0.2) is 4.98 Å². The molecule has 0 amide bonds. The normalized spacial score (nSPS) is 16.5. The third-order valence-electron chi connectivity index (χ3n) is 5.19. The fourth-order valence-corrected chi connectivity index (χ4v) is 3.70. The summed E-state index contributed by atoms with van der Waals surface area (Å²) in [6.45, 7) is 5.36. The average molecular weight is 424 g/mol. The van der Waals surface area contributed by atoms with Gasteiger partial charge in [-0.3, -0.25) is 10.1 Å². The first-order valence-corrected chi connectivity index (χ1v) is 10.6. The number of hydrogen-bond acceptors (Lipinski definition) is 6. The van der Waals surface area contributed by atoms with Crippen molar-refractivity contribution in [2.45, 2.75) is 25.8 Å². The van der Waals surface area contributed by atoms with Gasteiger partial charge in [0.25, 0.3) is 0 Å². The Morgan fingerprint density at radius 2 is 2.23 bits per heavy atom. The van der Waals surface area contributed by atoms with Crippen molar-refractivity contribution >= 4 is 11.6 Å². The number of rotatable bonds is 8. The molecule has 1 aliphatic heterocycles. The molecule has 2 aromatic heterocycles. The van der Waals surface area contributed by atoms with E-state index in [1.807, 2.05) is 30.3 Å². The second-order valence-electron chi connectivity index (χ2n) is 7.34. The van der Waals surface area contributed by atoms with Crippen LogP contribution in [0.5, 0.6) is 5.75 Å². The lowest BCUT2D eigenvalue weighted by molar-refractivity contribution is 0.415. The van der Waals surface area contributed by atoms with Crippen molar-refractivity contribution in [2.75, 3.05) is 38.2 Å². The number of nitrogens with zero attached hydrogens (tertiary/aromatic N) is 4. The summed E-state index contributed by atoms with van der Waals surface area (Å²) in [7, 11) is 1.71. The Morgan fingerprint density at radius 3 is 3.03 bits per heavy atom. The Hall–Kier alpha value is -3.49. The molecular weight excluding hydrogens is 394 g/mol. The summed E-state index contributed by atoms with van der Waals surface area (Å²) in [4.78, 5) is 11.5. The molecule has 9 nitrogen and oxygen atoms in total. The number of anilines is 1. The van der Waals surface area contributed by atoms with Crippen LogP contribution in [0.3, 0.4) is 0 Å². The highest BCUT2D eigenvalue weighted by molar-refractivity contribution is 5.80. The van der Waals surface area contributed by atoms with E-state index in [2.05, 4.69) is 43.7 Å². The van der Waals surface area contributed by atoms with E-state index in [0.717, 1.165) is 49.3 Å². The highest BCUT2D eigenvalue weighted by atomic mass is 16.5. The van der Waals surface area contributed by atoms with E-state index in [-0.39, 0.29) is 0 Å². The van der Waals surface area contributed by atoms with E-state index in [1.54, 1.807) is 13.4 Å². The van der Waals surface area contributed by atoms with Gasteiger partial charge in [0.15, 0.2) is 11.7 Å². The standard InChI is InChI=1S/C22H29N7O2/c1-3-23-22(24-12-10-20-26-21(28-27-20)19-9-6-14-31-19)25-16-11-13-29(15-16)17-7-4-5-8-18(17)30-2/h4-9,14,16H,3,10-13,15H2,1-2H3,(H2,23,24,25)(H,26,27,28). The Labute approximate surface area is 181 Å². The summed E-state index contributed by atoms with van der Waals surface area (Å²) in [5.41, 5.74) is 1.13. The van der Waals surface area contributed by atoms with Crippen molar-refractivity contribution < 1.29 is 9.15 Å². The molecule has 0 spiro atoms. The third kappa shape index (κ3) is 5.17. The fraction of sp³-hybridized carbons (Fsp3) is 0.409. The number of aromatic nitrogens is 3. The maximum atomic E-state index is 5.52. The third-order valence-corrected chi connectivity index (χ3v) is 5.19. The van der Waals surface area contributed by atoms with Crippen molar-refractivity contribution in [3.05, 3.63) is 48.5 Å². The molecule has 3 N–H and O–H groups in total. The largest absolute Gasteiger partial charge is 0.495 e. The number of para-hydroxylation sites is 2. The molecule has 1 atom stereocenters. The molecule has 3 aromatic rings. The monoisotopic (exact) mass is 423 g/mol.